The molecule has 154 valence electrons. The summed E-state index contributed by atoms with van der Waals surface area (Å²) in [5, 5.41) is 3.35. The van der Waals surface area contributed by atoms with E-state index in [1.165, 1.54) is 16.7 Å². The molecule has 1 rings (SSSR count). The Bertz CT molecular complexity index is 710. The van der Waals surface area contributed by atoms with E-state index in [1.54, 1.807) is 0 Å². The Kier molecular flexibility index (Phi) is 11.0. The lowest BCUT2D eigenvalue weighted by molar-refractivity contribution is 0.393. The number of hydrogen-bond donors (Lipinski definition) is 2. The third-order valence-electron chi connectivity index (χ3n) is 5.06. The Hall–Kier alpha value is -2.26. The Morgan fingerprint density at radius 3 is 2.61 bits per heavy atom. The van der Waals surface area contributed by atoms with Crippen molar-refractivity contribution < 1.29 is 0 Å². The summed E-state index contributed by atoms with van der Waals surface area (Å²) in [5.74, 6) is 0.567. The summed E-state index contributed by atoms with van der Waals surface area (Å²) in [6.45, 7) is 12.5. The first-order valence-electron chi connectivity index (χ1n) is 10.4. The maximum atomic E-state index is 6.26. The SMILES string of the molecule is C\C=C/C=C\C(CN(C)C/C(N)=C/Nc1cccc(C(C)CC)c1)=C(/C)CC. The number of anilines is 1. The van der Waals surface area contributed by atoms with Crippen LogP contribution in [0.1, 0.15) is 58.9 Å². The molecule has 0 aliphatic rings. The number of benzene rings is 1. The predicted octanol–water partition coefficient (Wildman–Crippen LogP) is 6.20. The van der Waals surface area contributed by atoms with E-state index in [9.17, 15) is 0 Å². The molecule has 1 atom stereocenters. The van der Waals surface area contributed by atoms with Crippen LogP contribution in [-0.2, 0) is 0 Å². The van der Waals surface area contributed by atoms with Gasteiger partial charge in [-0.3, -0.25) is 4.90 Å². The van der Waals surface area contributed by atoms with Crippen molar-refractivity contribution in [3.63, 3.8) is 0 Å². The monoisotopic (exact) mass is 381 g/mol. The fourth-order valence-corrected chi connectivity index (χ4v) is 2.89. The van der Waals surface area contributed by atoms with Crippen LogP contribution in [0.2, 0.25) is 0 Å². The molecule has 3 heteroatoms. The van der Waals surface area contributed by atoms with Crippen LogP contribution in [0, 0.1) is 0 Å². The number of allylic oxidation sites excluding steroid dienone is 4. The molecule has 0 bridgehead atoms. The summed E-state index contributed by atoms with van der Waals surface area (Å²) in [4.78, 5) is 2.25. The lowest BCUT2D eigenvalue weighted by Crippen LogP contribution is -2.26. The number of nitrogens with one attached hydrogen (secondary N) is 1. The van der Waals surface area contributed by atoms with E-state index in [-0.39, 0.29) is 0 Å². The fraction of sp³-hybridized carbons (Fsp3) is 0.440. The molecule has 0 saturated carbocycles. The summed E-state index contributed by atoms with van der Waals surface area (Å²) in [6.07, 6.45) is 12.5. The van der Waals surface area contributed by atoms with Crippen LogP contribution in [0.4, 0.5) is 5.69 Å². The molecule has 0 heterocycles. The first-order chi connectivity index (χ1) is 13.4. The topological polar surface area (TPSA) is 41.3 Å². The highest BCUT2D eigenvalue weighted by atomic mass is 15.1. The quantitative estimate of drug-likeness (QED) is 0.448. The van der Waals surface area contributed by atoms with Gasteiger partial charge in [0.2, 0.25) is 0 Å². The van der Waals surface area contributed by atoms with Crippen molar-refractivity contribution in [2.75, 3.05) is 25.5 Å². The van der Waals surface area contributed by atoms with Crippen molar-refractivity contribution in [3.05, 3.63) is 77.2 Å². The van der Waals surface area contributed by atoms with Crippen molar-refractivity contribution >= 4 is 5.69 Å². The zero-order valence-electron chi connectivity index (χ0n) is 18.6. The molecule has 0 amide bonds. The minimum Gasteiger partial charge on any atom is -0.400 e. The molecule has 3 nitrogen and oxygen atoms in total. The second-order valence-corrected chi connectivity index (χ2v) is 7.51. The normalized spacial score (nSPS) is 14.8. The Morgan fingerprint density at radius 2 is 1.96 bits per heavy atom. The van der Waals surface area contributed by atoms with Gasteiger partial charge < -0.3 is 11.1 Å². The Balaban J connectivity index is 2.71. The van der Waals surface area contributed by atoms with Gasteiger partial charge in [-0.15, -0.1) is 0 Å². The van der Waals surface area contributed by atoms with Gasteiger partial charge in [-0.05, 0) is 62.9 Å². The molecule has 3 N–H and O–H groups in total. The fourth-order valence-electron chi connectivity index (χ4n) is 2.89. The van der Waals surface area contributed by atoms with Crippen molar-refractivity contribution in [1.82, 2.24) is 4.90 Å². The minimum atomic E-state index is 0.567. The average molecular weight is 382 g/mol. The minimum absolute atomic E-state index is 0.567. The largest absolute Gasteiger partial charge is 0.400 e. The van der Waals surface area contributed by atoms with Gasteiger partial charge in [0.15, 0.2) is 0 Å². The van der Waals surface area contributed by atoms with Gasteiger partial charge in [-0.1, -0.05) is 62.8 Å². The van der Waals surface area contributed by atoms with Crippen LogP contribution in [0.5, 0.6) is 0 Å². The van der Waals surface area contributed by atoms with Gasteiger partial charge >= 0.3 is 0 Å². The first kappa shape index (κ1) is 23.8. The van der Waals surface area contributed by atoms with Crippen molar-refractivity contribution in [1.29, 1.82) is 0 Å². The number of nitrogens with zero attached hydrogens (tertiary/aromatic N) is 1. The van der Waals surface area contributed by atoms with Gasteiger partial charge in [0.25, 0.3) is 0 Å². The van der Waals surface area contributed by atoms with E-state index in [0.29, 0.717) is 5.92 Å². The van der Waals surface area contributed by atoms with E-state index in [0.717, 1.165) is 37.3 Å². The summed E-state index contributed by atoms with van der Waals surface area (Å²) >= 11 is 0. The summed E-state index contributed by atoms with van der Waals surface area (Å²) < 4.78 is 0. The van der Waals surface area contributed by atoms with E-state index in [2.05, 4.69) is 87.5 Å². The van der Waals surface area contributed by atoms with Crippen LogP contribution in [0.25, 0.3) is 0 Å². The van der Waals surface area contributed by atoms with E-state index in [1.807, 2.05) is 19.2 Å². The predicted molar refractivity (Wildman–Crippen MR) is 125 cm³/mol. The molecule has 1 aromatic carbocycles. The third-order valence-corrected chi connectivity index (χ3v) is 5.06. The second kappa shape index (κ2) is 13.0. The highest BCUT2D eigenvalue weighted by Gasteiger charge is 2.06. The molecule has 0 aliphatic heterocycles. The highest BCUT2D eigenvalue weighted by molar-refractivity contribution is 5.49. The smallest absolute Gasteiger partial charge is 0.0395 e. The van der Waals surface area contributed by atoms with Gasteiger partial charge in [0, 0.05) is 30.7 Å². The summed E-state index contributed by atoms with van der Waals surface area (Å²) in [5.41, 5.74) is 12.3. The van der Waals surface area contributed by atoms with E-state index in [4.69, 9.17) is 5.73 Å². The van der Waals surface area contributed by atoms with E-state index < -0.39 is 0 Å². The molecule has 0 aliphatic carbocycles. The molecule has 0 fully saturated rings. The average Bonchev–Trinajstić information content (AvgIpc) is 2.70. The van der Waals surface area contributed by atoms with Gasteiger partial charge in [0.05, 0.1) is 0 Å². The van der Waals surface area contributed by atoms with Crippen LogP contribution in [-0.4, -0.2) is 25.0 Å². The first-order valence-corrected chi connectivity index (χ1v) is 10.4. The standard InChI is InChI=1S/C25H39N3/c1-7-10-11-13-23(21(5)9-3)18-28(6)19-24(26)17-27-25-15-12-14-22(16-25)20(4)8-2/h7,10-17,20,27H,8-9,18-19,26H2,1-6H3/b10-7-,13-11-,23-21-,24-17-. The van der Waals surface area contributed by atoms with Crippen LogP contribution >= 0.6 is 0 Å². The van der Waals surface area contributed by atoms with E-state index >= 15 is 0 Å². The van der Waals surface area contributed by atoms with Crippen LogP contribution in [0.15, 0.2) is 71.6 Å². The molecule has 0 radical (unpaired) electrons. The lowest BCUT2D eigenvalue weighted by Gasteiger charge is -2.19. The zero-order valence-corrected chi connectivity index (χ0v) is 18.6. The molecule has 0 spiro atoms. The number of hydrogen-bond acceptors (Lipinski definition) is 3. The van der Waals surface area contributed by atoms with Gasteiger partial charge in [-0.25, -0.2) is 0 Å². The van der Waals surface area contributed by atoms with Crippen molar-refractivity contribution in [3.8, 4) is 0 Å². The molecular weight excluding hydrogens is 342 g/mol. The number of rotatable bonds is 11. The Labute approximate surface area is 172 Å². The van der Waals surface area contributed by atoms with Crippen LogP contribution < -0.4 is 11.1 Å². The number of likely N-dealkylation sites (N-methyl/N-ethyl adjacent to an activating group) is 1. The highest BCUT2D eigenvalue weighted by Crippen LogP contribution is 2.21. The number of nitrogens with two attached hydrogens (primary N) is 1. The summed E-state index contributed by atoms with van der Waals surface area (Å²) in [6, 6.07) is 8.57. The van der Waals surface area contributed by atoms with Crippen LogP contribution in [0.3, 0.4) is 0 Å². The van der Waals surface area contributed by atoms with Gasteiger partial charge in [0.1, 0.15) is 0 Å². The molecule has 1 aromatic rings. The molecular formula is C25H39N3. The lowest BCUT2D eigenvalue weighted by atomic mass is 9.98. The molecule has 0 aromatic heterocycles. The third kappa shape index (κ3) is 8.62. The maximum absolute atomic E-state index is 6.26. The summed E-state index contributed by atoms with van der Waals surface area (Å²) in [7, 11) is 2.11. The maximum Gasteiger partial charge on any atom is 0.0395 e. The molecule has 0 saturated heterocycles. The zero-order chi connectivity index (χ0) is 20.9. The molecule has 28 heavy (non-hydrogen) atoms. The Morgan fingerprint density at radius 1 is 1.21 bits per heavy atom. The van der Waals surface area contributed by atoms with Crippen molar-refractivity contribution in [2.45, 2.75) is 53.4 Å². The van der Waals surface area contributed by atoms with Crippen molar-refractivity contribution in [2.24, 2.45) is 5.73 Å². The molecule has 1 unspecified atom stereocenters. The second-order valence-electron chi connectivity index (χ2n) is 7.51. The van der Waals surface area contributed by atoms with Gasteiger partial charge in [-0.2, -0.15) is 0 Å².